The highest BCUT2D eigenvalue weighted by Crippen LogP contribution is 2.13. The summed E-state index contributed by atoms with van der Waals surface area (Å²) in [5.41, 5.74) is 1.60. The van der Waals surface area contributed by atoms with Crippen molar-refractivity contribution in [3.8, 4) is 0 Å². The van der Waals surface area contributed by atoms with Gasteiger partial charge in [0, 0.05) is 38.3 Å². The summed E-state index contributed by atoms with van der Waals surface area (Å²) in [5.74, 6) is 0.512. The Morgan fingerprint density at radius 2 is 1.88 bits per heavy atom. The molecule has 1 aromatic carbocycles. The van der Waals surface area contributed by atoms with Crippen molar-refractivity contribution >= 4 is 33.1 Å². The van der Waals surface area contributed by atoms with E-state index in [0.717, 1.165) is 5.69 Å². The minimum atomic E-state index is -3.40. The standard InChI is InChI=1S/C15H20ClN5O2S/c1-21(2)14-9-15(20-18-10-14)17-7-8-19-24(22,23)11-12-3-5-13(16)6-4-12/h3-6,9-10,19H,7-8,11H2,1-2H3,(H,17,20). The van der Waals surface area contributed by atoms with E-state index >= 15 is 0 Å². The maximum absolute atomic E-state index is 12.0. The maximum atomic E-state index is 12.0. The van der Waals surface area contributed by atoms with E-state index in [2.05, 4.69) is 20.2 Å². The van der Waals surface area contributed by atoms with E-state index in [1.807, 2.05) is 25.1 Å². The minimum absolute atomic E-state index is 0.0832. The quantitative estimate of drug-likeness (QED) is 0.689. The highest BCUT2D eigenvalue weighted by Gasteiger charge is 2.10. The van der Waals surface area contributed by atoms with Crippen molar-refractivity contribution in [3.05, 3.63) is 47.1 Å². The molecule has 9 heteroatoms. The molecule has 2 rings (SSSR count). The highest BCUT2D eigenvalue weighted by molar-refractivity contribution is 7.88. The second-order valence-electron chi connectivity index (χ2n) is 5.40. The lowest BCUT2D eigenvalue weighted by molar-refractivity contribution is 0.582. The Balaban J connectivity index is 1.80. The first-order valence-electron chi connectivity index (χ1n) is 7.31. The lowest BCUT2D eigenvalue weighted by atomic mass is 10.2. The minimum Gasteiger partial charge on any atom is -0.376 e. The molecular formula is C15H20ClN5O2S. The molecule has 0 unspecified atom stereocenters. The lowest BCUT2D eigenvalue weighted by Crippen LogP contribution is -2.30. The van der Waals surface area contributed by atoms with Gasteiger partial charge in [-0.1, -0.05) is 23.7 Å². The van der Waals surface area contributed by atoms with Crippen LogP contribution in [-0.2, 0) is 15.8 Å². The van der Waals surface area contributed by atoms with Crippen LogP contribution in [0.2, 0.25) is 5.02 Å². The molecule has 0 fully saturated rings. The molecule has 0 spiro atoms. The third kappa shape index (κ3) is 5.95. The molecule has 2 aromatic rings. The van der Waals surface area contributed by atoms with Gasteiger partial charge in [-0.15, -0.1) is 5.10 Å². The molecule has 1 heterocycles. The predicted molar refractivity (Wildman–Crippen MR) is 96.9 cm³/mol. The molecular weight excluding hydrogens is 350 g/mol. The van der Waals surface area contributed by atoms with Crippen molar-refractivity contribution in [1.29, 1.82) is 0 Å². The van der Waals surface area contributed by atoms with Crippen LogP contribution in [0, 0.1) is 0 Å². The van der Waals surface area contributed by atoms with Gasteiger partial charge >= 0.3 is 0 Å². The number of anilines is 2. The SMILES string of the molecule is CN(C)c1cnnc(NCCNS(=O)(=O)Cc2ccc(Cl)cc2)c1. The van der Waals surface area contributed by atoms with Crippen molar-refractivity contribution in [2.75, 3.05) is 37.4 Å². The number of sulfonamides is 1. The molecule has 2 N–H and O–H groups in total. The summed E-state index contributed by atoms with van der Waals surface area (Å²) in [7, 11) is 0.416. The molecule has 0 amide bonds. The second kappa shape index (κ2) is 8.27. The molecule has 130 valence electrons. The van der Waals surface area contributed by atoms with Crippen LogP contribution in [-0.4, -0.2) is 45.8 Å². The fourth-order valence-corrected chi connectivity index (χ4v) is 3.21. The van der Waals surface area contributed by atoms with E-state index in [4.69, 9.17) is 11.6 Å². The Hall–Kier alpha value is -1.90. The van der Waals surface area contributed by atoms with E-state index in [1.165, 1.54) is 0 Å². The average Bonchev–Trinajstić information content (AvgIpc) is 2.54. The molecule has 0 bridgehead atoms. The van der Waals surface area contributed by atoms with Crippen LogP contribution in [0.4, 0.5) is 11.5 Å². The highest BCUT2D eigenvalue weighted by atomic mass is 35.5. The van der Waals surface area contributed by atoms with Crippen molar-refractivity contribution < 1.29 is 8.42 Å². The second-order valence-corrected chi connectivity index (χ2v) is 7.64. The Morgan fingerprint density at radius 3 is 2.54 bits per heavy atom. The number of hydrogen-bond donors (Lipinski definition) is 2. The molecule has 0 saturated carbocycles. The van der Waals surface area contributed by atoms with Crippen molar-refractivity contribution in [2.24, 2.45) is 0 Å². The monoisotopic (exact) mass is 369 g/mol. The summed E-state index contributed by atoms with van der Waals surface area (Å²) < 4.78 is 26.6. The van der Waals surface area contributed by atoms with Gasteiger partial charge in [0.1, 0.15) is 0 Å². The van der Waals surface area contributed by atoms with Crippen LogP contribution in [0.5, 0.6) is 0 Å². The van der Waals surface area contributed by atoms with E-state index in [0.29, 0.717) is 22.9 Å². The Bertz CT molecular complexity index is 766. The van der Waals surface area contributed by atoms with Crippen molar-refractivity contribution in [3.63, 3.8) is 0 Å². The summed E-state index contributed by atoms with van der Waals surface area (Å²) in [5, 5.41) is 11.5. The van der Waals surface area contributed by atoms with Gasteiger partial charge in [0.05, 0.1) is 17.6 Å². The summed E-state index contributed by atoms with van der Waals surface area (Å²) in [6, 6.07) is 8.58. The van der Waals surface area contributed by atoms with Crippen LogP contribution in [0.3, 0.4) is 0 Å². The van der Waals surface area contributed by atoms with Crippen LogP contribution in [0.25, 0.3) is 0 Å². The van der Waals surface area contributed by atoms with Gasteiger partial charge in [0.15, 0.2) is 5.82 Å². The van der Waals surface area contributed by atoms with Gasteiger partial charge < -0.3 is 10.2 Å². The fraction of sp³-hybridized carbons (Fsp3) is 0.333. The van der Waals surface area contributed by atoms with Gasteiger partial charge in [-0.05, 0) is 17.7 Å². The van der Waals surface area contributed by atoms with Crippen LogP contribution >= 0.6 is 11.6 Å². The molecule has 0 aliphatic rings. The first-order valence-corrected chi connectivity index (χ1v) is 9.34. The van der Waals surface area contributed by atoms with E-state index < -0.39 is 10.0 Å². The topological polar surface area (TPSA) is 87.2 Å². The Kier molecular flexibility index (Phi) is 6.36. The zero-order valence-corrected chi connectivity index (χ0v) is 15.1. The number of nitrogens with zero attached hydrogens (tertiary/aromatic N) is 3. The Morgan fingerprint density at radius 1 is 1.17 bits per heavy atom. The largest absolute Gasteiger partial charge is 0.376 e. The van der Waals surface area contributed by atoms with Crippen LogP contribution < -0.4 is 14.9 Å². The number of benzene rings is 1. The van der Waals surface area contributed by atoms with Crippen LogP contribution in [0.15, 0.2) is 36.5 Å². The van der Waals surface area contributed by atoms with Gasteiger partial charge in [-0.25, -0.2) is 13.1 Å². The Labute approximate surface area is 147 Å². The third-order valence-electron chi connectivity index (χ3n) is 3.18. The average molecular weight is 370 g/mol. The first kappa shape index (κ1) is 18.4. The summed E-state index contributed by atoms with van der Waals surface area (Å²) in [6.07, 6.45) is 1.65. The normalized spacial score (nSPS) is 11.3. The number of halogens is 1. The molecule has 0 radical (unpaired) electrons. The summed E-state index contributed by atoms with van der Waals surface area (Å²) in [4.78, 5) is 1.91. The lowest BCUT2D eigenvalue weighted by Gasteiger charge is -2.13. The molecule has 0 saturated heterocycles. The van der Waals surface area contributed by atoms with Gasteiger partial charge in [0.25, 0.3) is 0 Å². The molecule has 0 aliphatic heterocycles. The molecule has 24 heavy (non-hydrogen) atoms. The zero-order chi connectivity index (χ0) is 17.6. The fourth-order valence-electron chi connectivity index (χ4n) is 1.94. The number of nitrogens with one attached hydrogen (secondary N) is 2. The number of rotatable bonds is 8. The predicted octanol–water partition coefficient (Wildman–Crippen LogP) is 1.73. The summed E-state index contributed by atoms with van der Waals surface area (Å²) in [6.45, 7) is 0.662. The van der Waals surface area contributed by atoms with Gasteiger partial charge in [0.2, 0.25) is 10.0 Å². The first-order chi connectivity index (χ1) is 11.4. The molecule has 1 aromatic heterocycles. The van der Waals surface area contributed by atoms with Gasteiger partial charge in [-0.3, -0.25) is 0 Å². The van der Waals surface area contributed by atoms with Crippen molar-refractivity contribution in [1.82, 2.24) is 14.9 Å². The third-order valence-corrected chi connectivity index (χ3v) is 4.79. The van der Waals surface area contributed by atoms with Gasteiger partial charge in [-0.2, -0.15) is 5.10 Å². The van der Waals surface area contributed by atoms with E-state index in [-0.39, 0.29) is 12.3 Å². The molecule has 0 atom stereocenters. The molecule has 0 aliphatic carbocycles. The van der Waals surface area contributed by atoms with E-state index in [1.54, 1.807) is 30.5 Å². The number of aromatic nitrogens is 2. The van der Waals surface area contributed by atoms with Crippen molar-refractivity contribution in [2.45, 2.75) is 5.75 Å². The smallest absolute Gasteiger partial charge is 0.215 e. The molecule has 7 nitrogen and oxygen atoms in total. The van der Waals surface area contributed by atoms with E-state index in [9.17, 15) is 8.42 Å². The summed E-state index contributed by atoms with van der Waals surface area (Å²) >= 11 is 5.79. The zero-order valence-electron chi connectivity index (χ0n) is 13.5. The maximum Gasteiger partial charge on any atom is 0.215 e. The number of hydrogen-bond acceptors (Lipinski definition) is 6. The van der Waals surface area contributed by atoms with Crippen LogP contribution in [0.1, 0.15) is 5.56 Å².